The molecule has 7 nitrogen and oxygen atoms in total. The Bertz CT molecular complexity index is 1460. The Hall–Kier alpha value is -2.94. The zero-order valence-electron chi connectivity index (χ0n) is 26.3. The third-order valence-corrected chi connectivity index (χ3v) is 10.2. The molecule has 3 aliphatic rings. The lowest BCUT2D eigenvalue weighted by molar-refractivity contribution is -0.139. The summed E-state index contributed by atoms with van der Waals surface area (Å²) in [6.07, 6.45) is 4.05. The molecule has 6 rings (SSSR count). The summed E-state index contributed by atoms with van der Waals surface area (Å²) in [7, 11) is 0. The van der Waals surface area contributed by atoms with Crippen LogP contribution < -0.4 is 4.74 Å². The molecular formula is C35H45N3O4S. The molecule has 230 valence electrons. The minimum absolute atomic E-state index is 0.257. The van der Waals surface area contributed by atoms with Crippen molar-refractivity contribution in [1.29, 1.82) is 0 Å². The molecule has 0 unspecified atom stereocenters. The van der Waals surface area contributed by atoms with E-state index in [1.54, 1.807) is 16.2 Å². The molecule has 0 N–H and O–H groups in total. The quantitative estimate of drug-likeness (QED) is 0.265. The van der Waals surface area contributed by atoms with Gasteiger partial charge in [0.05, 0.1) is 32.1 Å². The summed E-state index contributed by atoms with van der Waals surface area (Å²) in [6, 6.07) is 12.8. The van der Waals surface area contributed by atoms with E-state index in [9.17, 15) is 4.79 Å². The van der Waals surface area contributed by atoms with Crippen molar-refractivity contribution in [2.75, 3.05) is 46.0 Å². The van der Waals surface area contributed by atoms with Crippen molar-refractivity contribution < 1.29 is 19.0 Å². The van der Waals surface area contributed by atoms with E-state index >= 15 is 0 Å². The van der Waals surface area contributed by atoms with E-state index in [-0.39, 0.29) is 6.09 Å². The Morgan fingerprint density at radius 1 is 1.00 bits per heavy atom. The van der Waals surface area contributed by atoms with Gasteiger partial charge in [0.15, 0.2) is 0 Å². The number of piperidine rings is 1. The van der Waals surface area contributed by atoms with Crippen LogP contribution in [-0.2, 0) is 22.4 Å². The minimum Gasteiger partial charge on any atom is -0.493 e. The largest absolute Gasteiger partial charge is 0.493 e. The molecule has 4 heterocycles. The minimum atomic E-state index is -0.503. The van der Waals surface area contributed by atoms with Gasteiger partial charge in [-0.25, -0.2) is 9.78 Å². The molecule has 0 saturated carbocycles. The van der Waals surface area contributed by atoms with E-state index in [1.165, 1.54) is 48.2 Å². The Balaban J connectivity index is 1.11. The third-order valence-electron chi connectivity index (χ3n) is 9.13. The number of nitrogens with zero attached hydrogens (tertiary/aromatic N) is 3. The molecule has 1 aromatic heterocycles. The van der Waals surface area contributed by atoms with Crippen molar-refractivity contribution in [2.45, 2.75) is 72.4 Å². The van der Waals surface area contributed by atoms with Crippen molar-refractivity contribution in [1.82, 2.24) is 14.8 Å². The molecule has 2 fully saturated rings. The normalized spacial score (nSPS) is 18.3. The predicted molar refractivity (Wildman–Crippen MR) is 172 cm³/mol. The lowest BCUT2D eigenvalue weighted by Gasteiger charge is -2.47. The van der Waals surface area contributed by atoms with Crippen molar-refractivity contribution in [3.05, 3.63) is 58.1 Å². The first-order valence-electron chi connectivity index (χ1n) is 15.7. The van der Waals surface area contributed by atoms with E-state index in [4.69, 9.17) is 19.2 Å². The molecular weight excluding hydrogens is 558 g/mol. The molecule has 0 aliphatic carbocycles. The summed E-state index contributed by atoms with van der Waals surface area (Å²) in [5, 5.41) is 1.01. The molecule has 3 aliphatic heterocycles. The maximum atomic E-state index is 12.7. The highest BCUT2D eigenvalue weighted by Crippen LogP contribution is 2.40. The fourth-order valence-electron chi connectivity index (χ4n) is 6.42. The van der Waals surface area contributed by atoms with Crippen molar-refractivity contribution in [3.63, 3.8) is 0 Å². The second kappa shape index (κ2) is 12.2. The number of carbonyl (C=O) groups excluding carboxylic acids is 1. The zero-order valence-corrected chi connectivity index (χ0v) is 27.1. The summed E-state index contributed by atoms with van der Waals surface area (Å²) < 4.78 is 17.4. The van der Waals surface area contributed by atoms with Crippen LogP contribution >= 0.6 is 11.3 Å². The number of benzene rings is 2. The highest BCUT2D eigenvalue weighted by atomic mass is 32.1. The van der Waals surface area contributed by atoms with Gasteiger partial charge in [0.25, 0.3) is 0 Å². The van der Waals surface area contributed by atoms with E-state index < -0.39 is 5.60 Å². The average Bonchev–Trinajstić information content (AvgIpc) is 3.38. The van der Waals surface area contributed by atoms with Gasteiger partial charge >= 0.3 is 6.09 Å². The Kier molecular flexibility index (Phi) is 8.55. The smallest absolute Gasteiger partial charge is 0.410 e. The molecule has 3 aromatic rings. The van der Waals surface area contributed by atoms with E-state index in [0.29, 0.717) is 18.5 Å². The number of hydrogen-bond acceptors (Lipinski definition) is 7. The third kappa shape index (κ3) is 6.61. The van der Waals surface area contributed by atoms with Crippen LogP contribution in [0, 0.1) is 19.3 Å². The van der Waals surface area contributed by atoms with E-state index in [0.717, 1.165) is 66.1 Å². The number of thiazole rings is 1. The highest BCUT2D eigenvalue weighted by Gasteiger charge is 2.40. The zero-order chi connectivity index (χ0) is 30.2. The number of carbonyl (C=O) groups is 1. The topological polar surface area (TPSA) is 64.1 Å². The maximum Gasteiger partial charge on any atom is 0.410 e. The number of likely N-dealkylation sites (tertiary alicyclic amines) is 1. The summed E-state index contributed by atoms with van der Waals surface area (Å²) in [4.78, 5) is 23.2. The lowest BCUT2D eigenvalue weighted by atomic mass is 9.77. The second-order valence-corrected chi connectivity index (χ2v) is 14.6. The number of hydrogen-bond donors (Lipinski definition) is 0. The number of rotatable bonds is 7. The van der Waals surface area contributed by atoms with Crippen molar-refractivity contribution >= 4 is 17.4 Å². The van der Waals surface area contributed by atoms with Crippen LogP contribution in [0.1, 0.15) is 61.7 Å². The summed E-state index contributed by atoms with van der Waals surface area (Å²) >= 11 is 1.69. The predicted octanol–water partition coefficient (Wildman–Crippen LogP) is 7.27. The lowest BCUT2D eigenvalue weighted by Crippen LogP contribution is -2.51. The van der Waals surface area contributed by atoms with Gasteiger partial charge in [-0.3, -0.25) is 0 Å². The van der Waals surface area contributed by atoms with Crippen molar-refractivity contribution in [3.8, 4) is 27.4 Å². The second-order valence-electron chi connectivity index (χ2n) is 13.5. The highest BCUT2D eigenvalue weighted by molar-refractivity contribution is 7.15. The van der Waals surface area contributed by atoms with Crippen LogP contribution in [-0.4, -0.2) is 72.5 Å². The molecule has 43 heavy (non-hydrogen) atoms. The van der Waals surface area contributed by atoms with Gasteiger partial charge < -0.3 is 24.0 Å². The molecule has 8 heteroatoms. The van der Waals surface area contributed by atoms with Gasteiger partial charge in [-0.05, 0) is 95.3 Å². The van der Waals surface area contributed by atoms with Gasteiger partial charge in [-0.2, -0.15) is 0 Å². The fourth-order valence-corrected chi connectivity index (χ4v) is 7.62. The van der Waals surface area contributed by atoms with Crippen LogP contribution in [0.25, 0.3) is 21.7 Å². The Morgan fingerprint density at radius 2 is 1.70 bits per heavy atom. The first kappa shape index (κ1) is 30.1. The van der Waals surface area contributed by atoms with Gasteiger partial charge in [0.2, 0.25) is 0 Å². The molecule has 0 bridgehead atoms. The summed E-state index contributed by atoms with van der Waals surface area (Å²) in [5.41, 5.74) is 6.99. The van der Waals surface area contributed by atoms with Gasteiger partial charge in [-0.1, -0.05) is 30.3 Å². The maximum absolute atomic E-state index is 12.7. The molecule has 2 saturated heterocycles. The van der Waals surface area contributed by atoms with Crippen LogP contribution in [0.4, 0.5) is 4.79 Å². The number of fused-ring (bicyclic) bond motifs is 1. The molecule has 1 spiro atoms. The number of ether oxygens (including phenoxy) is 3. The van der Waals surface area contributed by atoms with Gasteiger partial charge in [0.1, 0.15) is 16.4 Å². The standard InChI is InChI=1S/C35H45N3O4S/c1-24-26(9-6-11-28(24)32-36-29-13-17-38(21-31(29)43-32)33(39)42-34(3,4)5)27-10-7-12-30(25(27)2)41-20-8-16-37-18-14-35(15-19-37)22-40-23-35/h6-7,9-12H,8,13-23H2,1-5H3. The first-order chi connectivity index (χ1) is 20.6. The van der Waals surface area contributed by atoms with E-state index in [1.807, 2.05) is 20.8 Å². The SMILES string of the molecule is Cc1c(OCCCN2CCC3(CC2)COC3)cccc1-c1cccc(-c2nc3c(s2)CN(C(=O)OC(C)(C)C)CC3)c1C. The number of aromatic nitrogens is 1. The van der Waals surface area contributed by atoms with Gasteiger partial charge in [-0.15, -0.1) is 11.3 Å². The summed E-state index contributed by atoms with van der Waals surface area (Å²) in [6.45, 7) is 17.3. The first-order valence-corrected chi connectivity index (χ1v) is 16.5. The van der Waals surface area contributed by atoms with Crippen LogP contribution in [0.5, 0.6) is 5.75 Å². The van der Waals surface area contributed by atoms with Crippen LogP contribution in [0.15, 0.2) is 36.4 Å². The Morgan fingerprint density at radius 3 is 2.40 bits per heavy atom. The average molecular weight is 604 g/mol. The number of amides is 1. The fraction of sp³-hybridized carbons (Fsp3) is 0.543. The summed E-state index contributed by atoms with van der Waals surface area (Å²) in [5.74, 6) is 0.957. The van der Waals surface area contributed by atoms with Crippen LogP contribution in [0.3, 0.4) is 0 Å². The Labute approximate surface area is 260 Å². The monoisotopic (exact) mass is 603 g/mol. The molecule has 0 atom stereocenters. The van der Waals surface area contributed by atoms with Gasteiger partial charge in [0, 0.05) is 35.4 Å². The van der Waals surface area contributed by atoms with Crippen molar-refractivity contribution in [2.24, 2.45) is 5.41 Å². The molecule has 1 amide bonds. The van der Waals surface area contributed by atoms with E-state index in [2.05, 4.69) is 55.1 Å². The van der Waals surface area contributed by atoms with Crippen LogP contribution in [0.2, 0.25) is 0 Å². The molecule has 2 aromatic carbocycles. The molecule has 0 radical (unpaired) electrons.